The van der Waals surface area contributed by atoms with E-state index in [0.717, 1.165) is 12.1 Å². The molecule has 0 spiro atoms. The fraction of sp³-hybridized carbons (Fsp3) is 0. The van der Waals surface area contributed by atoms with Gasteiger partial charge >= 0.3 is 0 Å². The maximum Gasteiger partial charge on any atom is 0.238 e. The molecule has 0 aliphatic carbocycles. The van der Waals surface area contributed by atoms with Crippen LogP contribution in [0.25, 0.3) is 0 Å². The summed E-state index contributed by atoms with van der Waals surface area (Å²) in [5.41, 5.74) is 4.93. The number of anilines is 1. The van der Waals surface area contributed by atoms with Crippen LogP contribution in [-0.4, -0.2) is 8.42 Å². The summed E-state index contributed by atoms with van der Waals surface area (Å²) in [6.07, 6.45) is 0. The molecule has 0 aliphatic heterocycles. The molecule has 0 fully saturated rings. The normalized spacial score (nSPS) is 11.6. The van der Waals surface area contributed by atoms with Crippen LogP contribution in [0.3, 0.4) is 0 Å². The molecule has 7 heteroatoms. The number of rotatable bonds is 1. The van der Waals surface area contributed by atoms with Gasteiger partial charge in [0.15, 0.2) is 5.82 Å². The summed E-state index contributed by atoms with van der Waals surface area (Å²) in [5, 5.41) is 4.82. The maximum absolute atomic E-state index is 12.9. The van der Waals surface area contributed by atoms with Gasteiger partial charge < -0.3 is 5.73 Å². The first-order valence-corrected chi connectivity index (χ1v) is 5.43. The highest BCUT2D eigenvalue weighted by atomic mass is 79.9. The fourth-order valence-electron chi connectivity index (χ4n) is 0.749. The summed E-state index contributed by atoms with van der Waals surface area (Å²) in [5.74, 6) is -0.701. The summed E-state index contributed by atoms with van der Waals surface area (Å²) in [7, 11) is -3.84. The van der Waals surface area contributed by atoms with Gasteiger partial charge in [0.1, 0.15) is 0 Å². The molecule has 0 heterocycles. The molecule has 0 bridgehead atoms. The topological polar surface area (TPSA) is 86.2 Å². The summed E-state index contributed by atoms with van der Waals surface area (Å²) in [6, 6.07) is 2.02. The molecule has 0 unspecified atom stereocenters. The highest BCUT2D eigenvalue weighted by molar-refractivity contribution is 9.10. The average Bonchev–Trinajstić information content (AvgIpc) is 1.97. The zero-order chi connectivity index (χ0) is 10.2. The van der Waals surface area contributed by atoms with Gasteiger partial charge in [-0.25, -0.2) is 17.9 Å². The van der Waals surface area contributed by atoms with Crippen LogP contribution in [0.4, 0.5) is 10.1 Å². The summed E-state index contributed by atoms with van der Waals surface area (Å²) >= 11 is 2.81. The van der Waals surface area contributed by atoms with Gasteiger partial charge in [0, 0.05) is 0 Å². The van der Waals surface area contributed by atoms with Crippen LogP contribution in [0, 0.1) is 5.82 Å². The standard InChI is InChI=1S/C6H6BrFN2O2S/c7-4-1-3(13(10,11)12)2-5(9)6(4)8/h1-2H,9H2,(H2,10,11,12). The van der Waals surface area contributed by atoms with Crippen LogP contribution in [-0.2, 0) is 10.0 Å². The third kappa shape index (κ3) is 2.17. The molecule has 1 aromatic rings. The molecule has 0 saturated carbocycles. The number of nitrogen functional groups attached to an aromatic ring is 1. The summed E-state index contributed by atoms with van der Waals surface area (Å²) in [4.78, 5) is -0.224. The number of nitrogens with two attached hydrogens (primary N) is 2. The largest absolute Gasteiger partial charge is 0.396 e. The van der Waals surface area contributed by atoms with Gasteiger partial charge in [-0.2, -0.15) is 0 Å². The molecular formula is C6H6BrFN2O2S. The second kappa shape index (κ2) is 3.24. The third-order valence-electron chi connectivity index (χ3n) is 1.36. The molecule has 0 atom stereocenters. The van der Waals surface area contributed by atoms with Gasteiger partial charge in [-0.05, 0) is 28.1 Å². The van der Waals surface area contributed by atoms with E-state index in [4.69, 9.17) is 10.9 Å². The molecule has 0 saturated heterocycles. The van der Waals surface area contributed by atoms with Crippen LogP contribution >= 0.6 is 15.9 Å². The van der Waals surface area contributed by atoms with E-state index in [1.165, 1.54) is 0 Å². The minimum Gasteiger partial charge on any atom is -0.396 e. The first kappa shape index (κ1) is 10.4. The monoisotopic (exact) mass is 268 g/mol. The number of halogens is 2. The minimum absolute atomic E-state index is 0.0310. The van der Waals surface area contributed by atoms with Gasteiger partial charge in [-0.15, -0.1) is 0 Å². The molecule has 13 heavy (non-hydrogen) atoms. The van der Waals surface area contributed by atoms with Crippen molar-refractivity contribution in [3.8, 4) is 0 Å². The van der Waals surface area contributed by atoms with E-state index in [-0.39, 0.29) is 15.1 Å². The Balaban J connectivity index is 3.47. The van der Waals surface area contributed by atoms with Crippen LogP contribution in [0.2, 0.25) is 0 Å². The van der Waals surface area contributed by atoms with E-state index in [0.29, 0.717) is 0 Å². The van der Waals surface area contributed by atoms with E-state index >= 15 is 0 Å². The van der Waals surface area contributed by atoms with Crippen LogP contribution in [0.5, 0.6) is 0 Å². The number of hydrogen-bond donors (Lipinski definition) is 2. The molecule has 0 radical (unpaired) electrons. The molecule has 0 aromatic heterocycles. The summed E-state index contributed by atoms with van der Waals surface area (Å²) in [6.45, 7) is 0. The molecule has 0 amide bonds. The Kier molecular flexibility index (Phi) is 2.60. The third-order valence-corrected chi connectivity index (χ3v) is 2.83. The Morgan fingerprint density at radius 3 is 2.31 bits per heavy atom. The van der Waals surface area contributed by atoms with Gasteiger partial charge in [0.2, 0.25) is 10.0 Å². The van der Waals surface area contributed by atoms with Crippen LogP contribution < -0.4 is 10.9 Å². The number of benzene rings is 1. The Labute approximate surface area is 82.9 Å². The second-order valence-corrected chi connectivity index (χ2v) is 4.77. The Morgan fingerprint density at radius 2 is 1.92 bits per heavy atom. The zero-order valence-corrected chi connectivity index (χ0v) is 8.69. The quantitative estimate of drug-likeness (QED) is 0.740. The van der Waals surface area contributed by atoms with Crippen molar-refractivity contribution in [2.24, 2.45) is 5.14 Å². The van der Waals surface area contributed by atoms with Crippen molar-refractivity contribution >= 4 is 31.6 Å². The fourth-order valence-corrected chi connectivity index (χ4v) is 1.95. The van der Waals surface area contributed by atoms with Crippen LogP contribution in [0.1, 0.15) is 0 Å². The number of hydrogen-bond acceptors (Lipinski definition) is 3. The van der Waals surface area contributed by atoms with E-state index < -0.39 is 15.8 Å². The highest BCUT2D eigenvalue weighted by Gasteiger charge is 2.13. The first-order valence-electron chi connectivity index (χ1n) is 3.09. The highest BCUT2D eigenvalue weighted by Crippen LogP contribution is 2.24. The Hall–Kier alpha value is -0.660. The lowest BCUT2D eigenvalue weighted by atomic mass is 10.3. The van der Waals surface area contributed by atoms with Crippen molar-refractivity contribution in [1.29, 1.82) is 0 Å². The van der Waals surface area contributed by atoms with Gasteiger partial charge in [-0.1, -0.05) is 0 Å². The van der Waals surface area contributed by atoms with Crippen LogP contribution in [0.15, 0.2) is 21.5 Å². The number of sulfonamides is 1. The molecule has 0 aliphatic rings. The smallest absolute Gasteiger partial charge is 0.238 e. The van der Waals surface area contributed by atoms with Crippen molar-refractivity contribution in [2.45, 2.75) is 4.90 Å². The van der Waals surface area contributed by atoms with Gasteiger partial charge in [0.05, 0.1) is 15.1 Å². The van der Waals surface area contributed by atoms with Crippen molar-refractivity contribution in [2.75, 3.05) is 5.73 Å². The average molecular weight is 269 g/mol. The zero-order valence-electron chi connectivity index (χ0n) is 6.29. The molecule has 1 aromatic carbocycles. The SMILES string of the molecule is Nc1cc(S(N)(=O)=O)cc(Br)c1F. The van der Waals surface area contributed by atoms with Crippen molar-refractivity contribution in [3.05, 3.63) is 22.4 Å². The Bertz CT molecular complexity index is 423. The lowest BCUT2D eigenvalue weighted by Crippen LogP contribution is -2.13. The molecule has 4 nitrogen and oxygen atoms in total. The Morgan fingerprint density at radius 1 is 1.38 bits per heavy atom. The summed E-state index contributed by atoms with van der Waals surface area (Å²) < 4.78 is 34.5. The number of primary sulfonamides is 1. The van der Waals surface area contributed by atoms with E-state index in [1.54, 1.807) is 0 Å². The van der Waals surface area contributed by atoms with E-state index in [1.807, 2.05) is 0 Å². The molecule has 72 valence electrons. The minimum atomic E-state index is -3.84. The first-order chi connectivity index (χ1) is 5.82. The molecule has 4 N–H and O–H groups in total. The maximum atomic E-state index is 12.9. The van der Waals surface area contributed by atoms with Gasteiger partial charge in [-0.3, -0.25) is 0 Å². The van der Waals surface area contributed by atoms with Gasteiger partial charge in [0.25, 0.3) is 0 Å². The predicted octanol–water partition coefficient (Wildman–Crippen LogP) is 0.818. The van der Waals surface area contributed by atoms with Crippen molar-refractivity contribution in [1.82, 2.24) is 0 Å². The molecule has 1 rings (SSSR count). The lowest BCUT2D eigenvalue weighted by Gasteiger charge is -2.02. The predicted molar refractivity (Wildman–Crippen MR) is 49.9 cm³/mol. The van der Waals surface area contributed by atoms with E-state index in [2.05, 4.69) is 15.9 Å². The van der Waals surface area contributed by atoms with Crippen molar-refractivity contribution in [3.63, 3.8) is 0 Å². The van der Waals surface area contributed by atoms with Crippen molar-refractivity contribution < 1.29 is 12.8 Å². The lowest BCUT2D eigenvalue weighted by molar-refractivity contribution is 0.596. The van der Waals surface area contributed by atoms with E-state index in [9.17, 15) is 12.8 Å². The molecular weight excluding hydrogens is 263 g/mol. The second-order valence-electron chi connectivity index (χ2n) is 2.35.